The summed E-state index contributed by atoms with van der Waals surface area (Å²) < 4.78 is 23.1. The summed E-state index contributed by atoms with van der Waals surface area (Å²) in [5, 5.41) is 7.96. The van der Waals surface area contributed by atoms with Gasteiger partial charge < -0.3 is 9.90 Å². The number of carbonyl (C=O) groups excluding carboxylic acids is 1. The summed E-state index contributed by atoms with van der Waals surface area (Å²) in [6, 6.07) is 0. The molecule has 0 aromatic rings. The Morgan fingerprint density at radius 2 is 1.83 bits per heavy atom. The van der Waals surface area contributed by atoms with Gasteiger partial charge >= 0.3 is 0 Å². The van der Waals surface area contributed by atoms with Gasteiger partial charge in [0, 0.05) is 0 Å². The van der Waals surface area contributed by atoms with E-state index in [-0.39, 0.29) is 6.61 Å². The lowest BCUT2D eigenvalue weighted by atomic mass is 10.3. The highest BCUT2D eigenvalue weighted by Gasteiger charge is 1.95. The van der Waals surface area contributed by atoms with Crippen LogP contribution in [0.3, 0.4) is 0 Å². The van der Waals surface area contributed by atoms with Crippen LogP contribution in [0.4, 0.5) is 8.78 Å². The molecule has 0 radical (unpaired) electrons. The maximum Gasteiger partial charge on any atom is 0.155 e. The minimum absolute atomic E-state index is 0.295. The number of alkyl halides is 2. The smallest absolute Gasteiger partial charge is 0.155 e. The maximum absolute atomic E-state index is 11.6. The number of aliphatic hydroxyl groups excluding tert-OH is 1. The van der Waals surface area contributed by atoms with Crippen molar-refractivity contribution in [3.8, 4) is 0 Å². The summed E-state index contributed by atoms with van der Waals surface area (Å²) in [7, 11) is 0. The van der Waals surface area contributed by atoms with E-state index in [1.807, 2.05) is 0 Å². The van der Waals surface area contributed by atoms with Gasteiger partial charge in [-0.25, -0.2) is 8.78 Å². The third-order valence-electron chi connectivity index (χ3n) is 1.18. The van der Waals surface area contributed by atoms with Gasteiger partial charge in [0.05, 0.1) is 6.61 Å². The second kappa shape index (κ2) is 10.5. The third-order valence-corrected chi connectivity index (χ3v) is 1.18. The molecule has 12 heavy (non-hydrogen) atoms. The van der Waals surface area contributed by atoms with Crippen LogP contribution in [0.25, 0.3) is 0 Å². The molecular weight excluding hydrogens is 166 g/mol. The van der Waals surface area contributed by atoms with E-state index in [0.717, 1.165) is 0 Å². The van der Waals surface area contributed by atoms with E-state index in [1.165, 1.54) is 0 Å². The number of halogens is 2. The van der Waals surface area contributed by atoms with Gasteiger partial charge in [0.15, 0.2) is 12.5 Å². The van der Waals surface area contributed by atoms with Crippen LogP contribution in [0.2, 0.25) is 0 Å². The van der Waals surface area contributed by atoms with E-state index in [9.17, 15) is 13.6 Å². The van der Waals surface area contributed by atoms with Gasteiger partial charge in [-0.1, -0.05) is 13.8 Å². The first-order valence-electron chi connectivity index (χ1n) is 3.96. The van der Waals surface area contributed by atoms with Crippen molar-refractivity contribution in [2.24, 2.45) is 0 Å². The fraction of sp³-hybridized carbons (Fsp3) is 0.875. The minimum atomic E-state index is -1.25. The number of hydrogen-bond donors (Lipinski definition) is 1. The Labute approximate surface area is 71.6 Å². The van der Waals surface area contributed by atoms with Gasteiger partial charge in [-0.15, -0.1) is 0 Å². The van der Waals surface area contributed by atoms with Crippen molar-refractivity contribution in [2.45, 2.75) is 39.0 Å². The highest BCUT2D eigenvalue weighted by molar-refractivity contribution is 5.55. The molecule has 0 amide bonds. The summed E-state index contributed by atoms with van der Waals surface area (Å²) in [5.74, 6) is 0. The number of hydrogen-bond acceptors (Lipinski definition) is 2. The standard InChI is InChI=1S/C4H9FO.C4H7FO/c2*1-2-4(5)3-6/h4,6H,2-3H2,1H3;3-4H,2H2,1H3/t2*4-/m00/s1. The quantitative estimate of drug-likeness (QED) is 0.671. The Hall–Kier alpha value is -0.510. The molecule has 0 spiro atoms. The highest BCUT2D eigenvalue weighted by atomic mass is 19.1. The number of aliphatic hydroxyl groups is 1. The zero-order chi connectivity index (χ0) is 9.98. The van der Waals surface area contributed by atoms with E-state index < -0.39 is 12.3 Å². The van der Waals surface area contributed by atoms with Crippen molar-refractivity contribution in [3.63, 3.8) is 0 Å². The van der Waals surface area contributed by atoms with Crippen molar-refractivity contribution < 1.29 is 18.7 Å². The van der Waals surface area contributed by atoms with Crippen LogP contribution < -0.4 is 0 Å². The summed E-state index contributed by atoms with van der Waals surface area (Å²) in [6.07, 6.45) is -1.24. The van der Waals surface area contributed by atoms with Crippen molar-refractivity contribution in [2.75, 3.05) is 6.61 Å². The zero-order valence-corrected chi connectivity index (χ0v) is 7.46. The molecule has 0 aliphatic carbocycles. The van der Waals surface area contributed by atoms with Crippen molar-refractivity contribution in [1.29, 1.82) is 0 Å². The topological polar surface area (TPSA) is 37.3 Å². The first-order valence-corrected chi connectivity index (χ1v) is 3.96. The summed E-state index contributed by atoms with van der Waals surface area (Å²) >= 11 is 0. The Morgan fingerprint density at radius 1 is 1.33 bits per heavy atom. The molecule has 4 heteroatoms. The second-order valence-electron chi connectivity index (χ2n) is 2.25. The van der Waals surface area contributed by atoms with Crippen LogP contribution in [-0.2, 0) is 4.79 Å². The Kier molecular flexibility index (Phi) is 12.3. The fourth-order valence-corrected chi connectivity index (χ4v) is 0.225. The summed E-state index contributed by atoms with van der Waals surface area (Å²) in [6.45, 7) is 2.98. The Morgan fingerprint density at radius 3 is 1.83 bits per heavy atom. The van der Waals surface area contributed by atoms with Crippen LogP contribution in [0.5, 0.6) is 0 Å². The van der Waals surface area contributed by atoms with E-state index >= 15 is 0 Å². The van der Waals surface area contributed by atoms with Crippen molar-refractivity contribution >= 4 is 6.29 Å². The molecule has 0 aromatic carbocycles. The number of rotatable bonds is 4. The summed E-state index contributed by atoms with van der Waals surface area (Å²) in [4.78, 5) is 9.36. The Balaban J connectivity index is 0. The predicted octanol–water partition coefficient (Wildman–Crippen LogP) is 1.66. The number of carbonyl (C=O) groups is 1. The molecule has 2 atom stereocenters. The molecule has 0 aliphatic heterocycles. The molecule has 0 bridgehead atoms. The van der Waals surface area contributed by atoms with Crippen LogP contribution in [0.15, 0.2) is 0 Å². The van der Waals surface area contributed by atoms with Gasteiger partial charge in [-0.05, 0) is 12.8 Å². The monoisotopic (exact) mass is 182 g/mol. The Bertz CT molecular complexity index is 95.1. The molecule has 0 heterocycles. The highest BCUT2D eigenvalue weighted by Crippen LogP contribution is 1.91. The molecule has 0 rings (SSSR count). The lowest BCUT2D eigenvalue weighted by Gasteiger charge is -1.93. The second-order valence-corrected chi connectivity index (χ2v) is 2.25. The minimum Gasteiger partial charge on any atom is -0.393 e. The van der Waals surface area contributed by atoms with E-state index in [4.69, 9.17) is 5.11 Å². The molecule has 1 N–H and O–H groups in total. The molecule has 0 aromatic heterocycles. The molecule has 0 aliphatic rings. The third kappa shape index (κ3) is 12.2. The molecule has 0 saturated heterocycles. The molecule has 2 nitrogen and oxygen atoms in total. The SMILES string of the molecule is CC[C@H](F)C=O.CC[C@H](F)CO. The van der Waals surface area contributed by atoms with Crippen LogP contribution in [-0.4, -0.2) is 30.3 Å². The van der Waals surface area contributed by atoms with E-state index in [2.05, 4.69) is 0 Å². The summed E-state index contributed by atoms with van der Waals surface area (Å²) in [5.41, 5.74) is 0. The lowest BCUT2D eigenvalue weighted by molar-refractivity contribution is -0.112. The molecule has 0 saturated carbocycles. The average Bonchev–Trinajstić information content (AvgIpc) is 2.16. The average molecular weight is 182 g/mol. The first kappa shape index (κ1) is 14.0. The molecule has 0 unspecified atom stereocenters. The van der Waals surface area contributed by atoms with Crippen molar-refractivity contribution in [1.82, 2.24) is 0 Å². The van der Waals surface area contributed by atoms with E-state index in [0.29, 0.717) is 19.1 Å². The lowest BCUT2D eigenvalue weighted by Crippen LogP contribution is -2.01. The maximum atomic E-state index is 11.6. The molecule has 74 valence electrons. The van der Waals surface area contributed by atoms with Gasteiger partial charge in [-0.3, -0.25) is 0 Å². The van der Waals surface area contributed by atoms with Gasteiger partial charge in [0.25, 0.3) is 0 Å². The first-order chi connectivity index (χ1) is 5.62. The fourth-order valence-electron chi connectivity index (χ4n) is 0.225. The van der Waals surface area contributed by atoms with Gasteiger partial charge in [0.2, 0.25) is 0 Å². The van der Waals surface area contributed by atoms with Gasteiger partial charge in [0.1, 0.15) is 6.17 Å². The normalized spacial score (nSPS) is 14.1. The zero-order valence-electron chi connectivity index (χ0n) is 7.46. The largest absolute Gasteiger partial charge is 0.393 e. The van der Waals surface area contributed by atoms with E-state index in [1.54, 1.807) is 13.8 Å². The molecule has 0 fully saturated rings. The van der Waals surface area contributed by atoms with Crippen LogP contribution in [0.1, 0.15) is 26.7 Å². The van der Waals surface area contributed by atoms with Crippen LogP contribution in [0, 0.1) is 0 Å². The van der Waals surface area contributed by atoms with Gasteiger partial charge in [-0.2, -0.15) is 0 Å². The molecular formula is C8H16F2O2. The number of aldehydes is 1. The van der Waals surface area contributed by atoms with Crippen molar-refractivity contribution in [3.05, 3.63) is 0 Å². The van der Waals surface area contributed by atoms with Crippen LogP contribution >= 0.6 is 0 Å². The predicted molar refractivity (Wildman–Crippen MR) is 43.5 cm³/mol.